The third kappa shape index (κ3) is 3.24. The van der Waals surface area contributed by atoms with Crippen molar-refractivity contribution in [3.05, 3.63) is 29.8 Å². The van der Waals surface area contributed by atoms with Crippen molar-refractivity contribution in [2.75, 3.05) is 0 Å². The number of pyridine rings is 1. The number of aryl methyl sites for hydroxylation is 1. The summed E-state index contributed by atoms with van der Waals surface area (Å²) in [4.78, 5) is 9.77. The van der Waals surface area contributed by atoms with Crippen LogP contribution in [0.25, 0.3) is 0 Å². The van der Waals surface area contributed by atoms with Crippen molar-refractivity contribution in [2.45, 2.75) is 35.5 Å². The lowest BCUT2D eigenvalue weighted by Gasteiger charge is -2.04. The maximum absolute atomic E-state index is 5.75. The summed E-state index contributed by atoms with van der Waals surface area (Å²) in [7, 11) is 0. The van der Waals surface area contributed by atoms with Crippen LogP contribution in [0.15, 0.2) is 27.6 Å². The van der Waals surface area contributed by atoms with Gasteiger partial charge in [-0.05, 0) is 30.6 Å². The average molecular weight is 266 g/mol. The fourth-order valence-corrected chi connectivity index (χ4v) is 2.89. The summed E-state index contributed by atoms with van der Waals surface area (Å²) in [6, 6.07) is 3.94. The van der Waals surface area contributed by atoms with Gasteiger partial charge < -0.3 is 5.73 Å². The van der Waals surface area contributed by atoms with E-state index in [2.05, 4.69) is 21.3 Å². The molecule has 2 aromatic rings. The van der Waals surface area contributed by atoms with Crippen LogP contribution in [0.5, 0.6) is 0 Å². The largest absolute Gasteiger partial charge is 0.323 e. The minimum absolute atomic E-state index is 0.0257. The van der Waals surface area contributed by atoms with Crippen LogP contribution < -0.4 is 5.73 Å². The number of rotatable bonds is 4. The summed E-state index contributed by atoms with van der Waals surface area (Å²) in [5.74, 6) is 0.901. The van der Waals surface area contributed by atoms with Crippen molar-refractivity contribution in [2.24, 2.45) is 5.73 Å². The van der Waals surface area contributed by atoms with Crippen molar-refractivity contribution in [1.82, 2.24) is 14.3 Å². The molecule has 2 N–H and O–H groups in total. The van der Waals surface area contributed by atoms with Crippen LogP contribution in [0.1, 0.15) is 31.4 Å². The molecular weight excluding hydrogens is 252 g/mol. The van der Waals surface area contributed by atoms with Gasteiger partial charge in [0.1, 0.15) is 5.82 Å². The number of hydrogen-bond donors (Lipinski definition) is 1. The predicted molar refractivity (Wildman–Crippen MR) is 70.2 cm³/mol. The second kappa shape index (κ2) is 5.57. The summed E-state index contributed by atoms with van der Waals surface area (Å²) in [6.45, 7) is 3.98. The molecule has 0 saturated carbocycles. The molecule has 6 heteroatoms. The van der Waals surface area contributed by atoms with Gasteiger partial charge in [0.25, 0.3) is 0 Å². The molecule has 2 rings (SSSR count). The van der Waals surface area contributed by atoms with E-state index in [1.807, 2.05) is 25.3 Å². The zero-order valence-electron chi connectivity index (χ0n) is 9.75. The van der Waals surface area contributed by atoms with E-state index in [4.69, 9.17) is 5.73 Å². The topological polar surface area (TPSA) is 64.7 Å². The number of hydrogen-bond acceptors (Lipinski definition) is 6. The summed E-state index contributed by atoms with van der Waals surface area (Å²) in [5, 5.41) is 0. The summed E-state index contributed by atoms with van der Waals surface area (Å²) in [5.41, 5.74) is 6.65. The van der Waals surface area contributed by atoms with E-state index in [9.17, 15) is 0 Å². The molecule has 0 spiro atoms. The molecule has 0 aliphatic carbocycles. The highest BCUT2D eigenvalue weighted by atomic mass is 32.2. The van der Waals surface area contributed by atoms with Crippen LogP contribution in [0.4, 0.5) is 0 Å². The van der Waals surface area contributed by atoms with E-state index in [-0.39, 0.29) is 6.04 Å². The van der Waals surface area contributed by atoms with Crippen LogP contribution in [-0.2, 0) is 6.42 Å². The van der Waals surface area contributed by atoms with Crippen LogP contribution in [0.3, 0.4) is 0 Å². The molecule has 90 valence electrons. The Morgan fingerprint density at radius 3 is 2.82 bits per heavy atom. The first-order valence-corrected chi connectivity index (χ1v) is 7.00. The highest BCUT2D eigenvalue weighted by Crippen LogP contribution is 2.28. The molecule has 0 fully saturated rings. The van der Waals surface area contributed by atoms with Crippen molar-refractivity contribution in [3.8, 4) is 0 Å². The highest BCUT2D eigenvalue weighted by Gasteiger charge is 2.06. The van der Waals surface area contributed by atoms with Crippen molar-refractivity contribution >= 4 is 23.3 Å². The molecule has 0 radical (unpaired) electrons. The lowest BCUT2D eigenvalue weighted by Crippen LogP contribution is -2.06. The SMILES string of the molecule is CCc1nsc(Sc2ccc([C@H](C)N)nc2)n1. The first-order valence-electron chi connectivity index (χ1n) is 5.41. The number of aromatic nitrogens is 3. The number of nitrogens with two attached hydrogens (primary N) is 1. The van der Waals surface area contributed by atoms with E-state index >= 15 is 0 Å². The normalized spacial score (nSPS) is 12.6. The summed E-state index contributed by atoms with van der Waals surface area (Å²) >= 11 is 3.01. The van der Waals surface area contributed by atoms with Crippen LogP contribution in [0, 0.1) is 0 Å². The molecular formula is C11H14N4S2. The lowest BCUT2D eigenvalue weighted by molar-refractivity contribution is 0.777. The Morgan fingerprint density at radius 2 is 2.29 bits per heavy atom. The van der Waals surface area contributed by atoms with Gasteiger partial charge in [-0.1, -0.05) is 18.7 Å². The summed E-state index contributed by atoms with van der Waals surface area (Å²) in [6.07, 6.45) is 2.70. The quantitative estimate of drug-likeness (QED) is 0.921. The van der Waals surface area contributed by atoms with Gasteiger partial charge in [0.05, 0.1) is 5.69 Å². The second-order valence-electron chi connectivity index (χ2n) is 3.64. The van der Waals surface area contributed by atoms with Gasteiger partial charge in [-0.25, -0.2) is 4.98 Å². The van der Waals surface area contributed by atoms with Crippen molar-refractivity contribution in [3.63, 3.8) is 0 Å². The standard InChI is InChI=1S/C11H14N4S2/c1-3-10-14-11(17-15-10)16-8-4-5-9(7(2)12)13-6-8/h4-7H,3,12H2,1-2H3/t7-/m0/s1. The monoisotopic (exact) mass is 266 g/mol. The minimum Gasteiger partial charge on any atom is -0.323 e. The second-order valence-corrected chi connectivity index (χ2v) is 5.71. The summed E-state index contributed by atoms with van der Waals surface area (Å²) < 4.78 is 5.20. The van der Waals surface area contributed by atoms with E-state index in [0.29, 0.717) is 0 Å². The van der Waals surface area contributed by atoms with Gasteiger partial charge in [0, 0.05) is 23.6 Å². The molecule has 2 heterocycles. The molecule has 0 saturated heterocycles. The maximum Gasteiger partial charge on any atom is 0.174 e. The van der Waals surface area contributed by atoms with Gasteiger partial charge in [-0.3, -0.25) is 4.98 Å². The zero-order valence-corrected chi connectivity index (χ0v) is 11.4. The highest BCUT2D eigenvalue weighted by molar-refractivity contribution is 8.01. The Hall–Kier alpha value is -0.980. The number of nitrogens with zero attached hydrogens (tertiary/aromatic N) is 3. The Morgan fingerprint density at radius 1 is 1.47 bits per heavy atom. The van der Waals surface area contributed by atoms with E-state index in [1.165, 1.54) is 11.5 Å². The average Bonchev–Trinajstić information content (AvgIpc) is 2.77. The van der Waals surface area contributed by atoms with Crippen LogP contribution in [0.2, 0.25) is 0 Å². The molecule has 2 aromatic heterocycles. The zero-order chi connectivity index (χ0) is 12.3. The molecule has 4 nitrogen and oxygen atoms in total. The van der Waals surface area contributed by atoms with Crippen molar-refractivity contribution < 1.29 is 0 Å². The fourth-order valence-electron chi connectivity index (χ4n) is 1.25. The third-order valence-electron chi connectivity index (χ3n) is 2.20. The van der Waals surface area contributed by atoms with Crippen LogP contribution >= 0.6 is 23.3 Å². The van der Waals surface area contributed by atoms with Crippen molar-refractivity contribution in [1.29, 1.82) is 0 Å². The molecule has 0 aliphatic rings. The minimum atomic E-state index is -0.0257. The van der Waals surface area contributed by atoms with Gasteiger partial charge >= 0.3 is 0 Å². The Balaban J connectivity index is 2.08. The Labute approximate surface area is 109 Å². The smallest absolute Gasteiger partial charge is 0.174 e. The van der Waals surface area contributed by atoms with E-state index < -0.39 is 0 Å². The van der Waals surface area contributed by atoms with E-state index in [1.54, 1.807) is 11.8 Å². The molecule has 0 amide bonds. The first-order chi connectivity index (χ1) is 8.19. The predicted octanol–water partition coefficient (Wildman–Crippen LogP) is 2.67. The Kier molecular flexibility index (Phi) is 4.09. The van der Waals surface area contributed by atoms with Gasteiger partial charge in [-0.15, -0.1) is 0 Å². The molecule has 0 bridgehead atoms. The van der Waals surface area contributed by atoms with E-state index in [0.717, 1.165) is 27.2 Å². The molecule has 1 atom stereocenters. The molecule has 0 aliphatic heterocycles. The lowest BCUT2D eigenvalue weighted by atomic mass is 10.2. The van der Waals surface area contributed by atoms with Crippen LogP contribution in [-0.4, -0.2) is 14.3 Å². The molecule has 0 aromatic carbocycles. The maximum atomic E-state index is 5.75. The van der Waals surface area contributed by atoms with Gasteiger partial charge in [0.2, 0.25) is 0 Å². The Bertz CT molecular complexity index is 478. The fraction of sp³-hybridized carbons (Fsp3) is 0.364. The molecule has 17 heavy (non-hydrogen) atoms. The van der Waals surface area contributed by atoms with Gasteiger partial charge in [0.15, 0.2) is 4.34 Å². The van der Waals surface area contributed by atoms with Gasteiger partial charge in [-0.2, -0.15) is 4.37 Å². The molecule has 0 unspecified atom stereocenters. The first kappa shape index (κ1) is 12.5. The third-order valence-corrected chi connectivity index (χ3v) is 3.96.